The molecule has 1 fully saturated rings. The number of hydrogen-bond donors (Lipinski definition) is 1. The van der Waals surface area contributed by atoms with Gasteiger partial charge in [0.2, 0.25) is 10.0 Å². The molecular weight excluding hydrogens is 468 g/mol. The number of piperidine rings is 1. The molecule has 1 heterocycles. The van der Waals surface area contributed by atoms with Gasteiger partial charge in [-0.15, -0.1) is 0 Å². The summed E-state index contributed by atoms with van der Waals surface area (Å²) in [5, 5.41) is 3.02. The van der Waals surface area contributed by atoms with Crippen molar-refractivity contribution in [3.8, 4) is 5.75 Å². The highest BCUT2D eigenvalue weighted by Crippen LogP contribution is 2.32. The third kappa shape index (κ3) is 6.25. The molecule has 1 aliphatic heterocycles. The van der Waals surface area contributed by atoms with Crippen LogP contribution in [0.1, 0.15) is 30.6 Å². The van der Waals surface area contributed by atoms with Crippen molar-refractivity contribution >= 4 is 39.2 Å². The van der Waals surface area contributed by atoms with Crippen molar-refractivity contribution in [1.29, 1.82) is 0 Å². The van der Waals surface area contributed by atoms with Gasteiger partial charge >= 0.3 is 5.97 Å². The summed E-state index contributed by atoms with van der Waals surface area (Å²) >= 11 is 5.88. The van der Waals surface area contributed by atoms with Gasteiger partial charge in [0.15, 0.2) is 6.61 Å². The van der Waals surface area contributed by atoms with Crippen LogP contribution in [0.15, 0.2) is 47.4 Å². The maximum atomic E-state index is 13.3. The van der Waals surface area contributed by atoms with Crippen LogP contribution in [-0.2, 0) is 19.6 Å². The number of benzene rings is 2. The van der Waals surface area contributed by atoms with Crippen LogP contribution in [0.4, 0.5) is 5.69 Å². The molecule has 2 atom stereocenters. The molecule has 2 aromatic rings. The highest BCUT2D eigenvalue weighted by Gasteiger charge is 2.34. The van der Waals surface area contributed by atoms with Gasteiger partial charge in [0.05, 0.1) is 12.7 Å². The molecule has 0 aliphatic carbocycles. The Hall–Kier alpha value is -2.62. The van der Waals surface area contributed by atoms with E-state index in [1.165, 1.54) is 29.6 Å². The zero-order valence-electron chi connectivity index (χ0n) is 18.7. The van der Waals surface area contributed by atoms with Crippen LogP contribution in [0, 0.1) is 11.8 Å². The van der Waals surface area contributed by atoms with Crippen molar-refractivity contribution < 1.29 is 27.5 Å². The van der Waals surface area contributed by atoms with Gasteiger partial charge in [-0.25, -0.2) is 13.2 Å². The molecule has 10 heteroatoms. The Morgan fingerprint density at radius 1 is 1.12 bits per heavy atom. The number of halogens is 1. The number of anilines is 1. The Balaban J connectivity index is 1.74. The monoisotopic (exact) mass is 494 g/mol. The van der Waals surface area contributed by atoms with Crippen LogP contribution in [0.3, 0.4) is 0 Å². The summed E-state index contributed by atoms with van der Waals surface area (Å²) in [7, 11) is -2.52. The molecule has 1 aliphatic rings. The largest absolute Gasteiger partial charge is 0.495 e. The second-order valence-corrected chi connectivity index (χ2v) is 10.6. The van der Waals surface area contributed by atoms with Crippen molar-refractivity contribution in [2.75, 3.05) is 32.1 Å². The van der Waals surface area contributed by atoms with E-state index in [9.17, 15) is 18.0 Å². The molecule has 1 amide bonds. The standard InChI is InChI=1S/C23H27ClN2O6S/c1-15-9-16(2)13-26(12-15)33(29,30)21-10-17(7-8-20(21)31-3)23(28)32-14-22(27)25-19-6-4-5-18(24)11-19/h4-8,10-11,15-16H,9,12-14H2,1-3H3,(H,25,27). The first-order valence-corrected chi connectivity index (χ1v) is 12.3. The Bertz CT molecular complexity index is 1130. The van der Waals surface area contributed by atoms with Crippen LogP contribution in [0.25, 0.3) is 0 Å². The number of esters is 1. The van der Waals surface area contributed by atoms with Crippen LogP contribution in [-0.4, -0.2) is 51.4 Å². The average Bonchev–Trinajstić information content (AvgIpc) is 2.76. The molecule has 178 valence electrons. The van der Waals surface area contributed by atoms with Gasteiger partial charge in [0.1, 0.15) is 10.6 Å². The van der Waals surface area contributed by atoms with Gasteiger partial charge in [-0.1, -0.05) is 31.5 Å². The summed E-state index contributed by atoms with van der Waals surface area (Å²) in [4.78, 5) is 24.5. The number of rotatable bonds is 7. The molecule has 2 unspecified atom stereocenters. The lowest BCUT2D eigenvalue weighted by Gasteiger charge is -2.34. The molecule has 0 saturated carbocycles. The fraction of sp³-hybridized carbons (Fsp3) is 0.391. The quantitative estimate of drug-likeness (QED) is 0.587. The van der Waals surface area contributed by atoms with E-state index in [4.69, 9.17) is 21.1 Å². The molecule has 1 saturated heterocycles. The second kappa shape index (κ2) is 10.5. The number of ether oxygens (including phenoxy) is 2. The highest BCUT2D eigenvalue weighted by atomic mass is 35.5. The van der Waals surface area contributed by atoms with Gasteiger partial charge < -0.3 is 14.8 Å². The zero-order chi connectivity index (χ0) is 24.2. The van der Waals surface area contributed by atoms with Crippen molar-refractivity contribution in [2.24, 2.45) is 11.8 Å². The van der Waals surface area contributed by atoms with Crippen LogP contribution in [0.5, 0.6) is 5.75 Å². The maximum Gasteiger partial charge on any atom is 0.338 e. The zero-order valence-corrected chi connectivity index (χ0v) is 20.3. The summed E-state index contributed by atoms with van der Waals surface area (Å²) in [5.41, 5.74) is 0.467. The summed E-state index contributed by atoms with van der Waals surface area (Å²) in [5.74, 6) is -0.795. The number of amides is 1. The van der Waals surface area contributed by atoms with E-state index >= 15 is 0 Å². The lowest BCUT2D eigenvalue weighted by Crippen LogP contribution is -2.42. The Kier molecular flexibility index (Phi) is 7.99. The van der Waals surface area contributed by atoms with Gasteiger partial charge in [-0.3, -0.25) is 4.79 Å². The minimum absolute atomic E-state index is 0.00281. The van der Waals surface area contributed by atoms with Gasteiger partial charge in [-0.2, -0.15) is 4.31 Å². The second-order valence-electron chi connectivity index (χ2n) is 8.27. The Morgan fingerprint density at radius 3 is 2.45 bits per heavy atom. The predicted octanol–water partition coefficient (Wildman–Crippen LogP) is 3.81. The van der Waals surface area contributed by atoms with E-state index in [-0.39, 0.29) is 28.0 Å². The van der Waals surface area contributed by atoms with Crippen LogP contribution >= 0.6 is 11.6 Å². The van der Waals surface area contributed by atoms with E-state index < -0.39 is 28.5 Å². The first-order chi connectivity index (χ1) is 15.6. The minimum atomic E-state index is -3.89. The van der Waals surface area contributed by atoms with Crippen LogP contribution in [0.2, 0.25) is 5.02 Å². The van der Waals surface area contributed by atoms with E-state index in [2.05, 4.69) is 5.32 Å². The maximum absolute atomic E-state index is 13.3. The lowest BCUT2D eigenvalue weighted by molar-refractivity contribution is -0.119. The smallest absolute Gasteiger partial charge is 0.338 e. The third-order valence-corrected chi connectivity index (χ3v) is 7.38. The molecule has 0 bridgehead atoms. The number of sulfonamides is 1. The minimum Gasteiger partial charge on any atom is -0.495 e. The van der Waals surface area contributed by atoms with E-state index in [0.29, 0.717) is 23.8 Å². The van der Waals surface area contributed by atoms with E-state index in [0.717, 1.165) is 6.42 Å². The first kappa shape index (κ1) is 25.0. The fourth-order valence-corrected chi connectivity index (χ4v) is 5.98. The molecule has 2 aromatic carbocycles. The molecule has 1 N–H and O–H groups in total. The third-order valence-electron chi connectivity index (χ3n) is 5.30. The van der Waals surface area contributed by atoms with Gasteiger partial charge in [0, 0.05) is 23.8 Å². The number of carbonyl (C=O) groups excluding carboxylic acids is 2. The molecule has 3 rings (SSSR count). The number of nitrogens with zero attached hydrogens (tertiary/aromatic N) is 1. The molecule has 0 aromatic heterocycles. The lowest BCUT2D eigenvalue weighted by atomic mass is 9.94. The van der Waals surface area contributed by atoms with Gasteiger partial charge in [-0.05, 0) is 54.7 Å². The Labute approximate surface area is 198 Å². The normalized spacial score (nSPS) is 19.0. The average molecular weight is 495 g/mol. The van der Waals surface area contributed by atoms with E-state index in [1.807, 2.05) is 13.8 Å². The van der Waals surface area contributed by atoms with E-state index in [1.54, 1.807) is 24.3 Å². The molecule has 0 radical (unpaired) electrons. The Morgan fingerprint density at radius 2 is 1.82 bits per heavy atom. The fourth-order valence-electron chi connectivity index (χ4n) is 3.92. The summed E-state index contributed by atoms with van der Waals surface area (Å²) < 4.78 is 38.5. The van der Waals surface area contributed by atoms with Crippen molar-refractivity contribution in [3.05, 3.63) is 53.1 Å². The molecule has 0 spiro atoms. The van der Waals surface area contributed by atoms with Crippen molar-refractivity contribution in [1.82, 2.24) is 4.31 Å². The number of nitrogens with one attached hydrogen (secondary N) is 1. The number of hydrogen-bond acceptors (Lipinski definition) is 6. The molecule has 33 heavy (non-hydrogen) atoms. The van der Waals surface area contributed by atoms with Gasteiger partial charge in [0.25, 0.3) is 5.91 Å². The summed E-state index contributed by atoms with van der Waals surface area (Å²) in [6.45, 7) is 4.28. The predicted molar refractivity (Wildman–Crippen MR) is 125 cm³/mol. The van der Waals surface area contributed by atoms with Crippen molar-refractivity contribution in [3.63, 3.8) is 0 Å². The molecular formula is C23H27ClN2O6S. The summed E-state index contributed by atoms with van der Waals surface area (Å²) in [6, 6.07) is 10.6. The highest BCUT2D eigenvalue weighted by molar-refractivity contribution is 7.89. The number of methoxy groups -OCH3 is 1. The summed E-state index contributed by atoms with van der Waals surface area (Å²) in [6.07, 6.45) is 0.951. The number of carbonyl (C=O) groups is 2. The van der Waals surface area contributed by atoms with Crippen molar-refractivity contribution in [2.45, 2.75) is 25.2 Å². The topological polar surface area (TPSA) is 102 Å². The SMILES string of the molecule is COc1ccc(C(=O)OCC(=O)Nc2cccc(Cl)c2)cc1S(=O)(=O)N1CC(C)CC(C)C1. The molecule has 8 nitrogen and oxygen atoms in total. The van der Waals surface area contributed by atoms with Crippen LogP contribution < -0.4 is 10.1 Å². The first-order valence-electron chi connectivity index (χ1n) is 10.5.